The van der Waals surface area contributed by atoms with Crippen LogP contribution in [-0.2, 0) is 9.36 Å². The van der Waals surface area contributed by atoms with Crippen LogP contribution in [0.5, 0.6) is 0 Å². The van der Waals surface area contributed by atoms with E-state index in [1.165, 1.54) is 141 Å². The fraction of sp³-hybridized carbons (Fsp3) is 0.750. The first-order chi connectivity index (χ1) is 20.7. The van der Waals surface area contributed by atoms with Gasteiger partial charge in [0.2, 0.25) is 0 Å². The zero-order valence-electron chi connectivity index (χ0n) is 25.8. The van der Waals surface area contributed by atoms with Gasteiger partial charge in [0, 0.05) is 0 Å². The number of hydrazone groups is 1. The van der Waals surface area contributed by atoms with Crippen LogP contribution in [0.3, 0.4) is 0 Å². The van der Waals surface area contributed by atoms with Crippen LogP contribution in [0, 0.1) is 5.82 Å². The van der Waals surface area contributed by atoms with Crippen molar-refractivity contribution in [2.24, 2.45) is 5.10 Å². The molecule has 0 aromatic heterocycles. The lowest BCUT2D eigenvalue weighted by atomic mass is 9.91. The number of nitrogens with one attached hydrogen (secondary N) is 1. The molecule has 0 bridgehead atoms. The fourth-order valence-electron chi connectivity index (χ4n) is 6.94. The zero-order valence-corrected chi connectivity index (χ0v) is 26.7. The Morgan fingerprint density at radius 1 is 0.698 bits per heavy atom. The Morgan fingerprint density at radius 3 is 1.30 bits per heavy atom. The highest BCUT2D eigenvalue weighted by Crippen LogP contribution is 2.26. The molecule has 0 amide bonds. The molecule has 244 valence electrons. The molecule has 9 nitrogen and oxygen atoms in total. The predicted octanol–water partition coefficient (Wildman–Crippen LogP) is 3.98. The summed E-state index contributed by atoms with van der Waals surface area (Å²) >= 11 is 0. The minimum absolute atomic E-state index is 0.138. The van der Waals surface area contributed by atoms with Gasteiger partial charge in [-0.3, -0.25) is 5.43 Å². The number of nitrogens with zero attached hydrogens (tertiary/aromatic N) is 1. The number of benzene rings is 1. The van der Waals surface area contributed by atoms with Crippen molar-refractivity contribution in [2.45, 2.75) is 153 Å². The lowest BCUT2D eigenvalue weighted by molar-refractivity contribution is -0.726. The first-order valence-electron chi connectivity index (χ1n) is 16.8. The number of carboxylic acids is 1. The Morgan fingerprint density at radius 2 is 1.02 bits per heavy atom. The number of hydrogen-bond donors (Lipinski definition) is 4. The Labute approximate surface area is 257 Å². The number of carboxylic acid groups (broad SMARTS) is 1. The standard InChI is InChI=1S/2C12H23N.C8H8FN2O5P/c2*1-3-7-11(8-4-1)13-12-9-5-2-6-10-12;9-5-1-3-6(4-2-5)10-11-7(8(12)13)17(14,15)16/h2*11-13H,1-10H2;1-4,10H,(H,12,13)(H2,14,15,16)/b;;11-7+. The van der Waals surface area contributed by atoms with Gasteiger partial charge in [-0.25, -0.2) is 9.18 Å². The van der Waals surface area contributed by atoms with Crippen LogP contribution < -0.4 is 25.8 Å². The van der Waals surface area contributed by atoms with Crippen LogP contribution in [0.15, 0.2) is 29.4 Å². The molecule has 0 aliphatic heterocycles. The molecule has 4 fully saturated rings. The third-order valence-electron chi connectivity index (χ3n) is 9.27. The van der Waals surface area contributed by atoms with E-state index in [1.54, 1.807) is 0 Å². The van der Waals surface area contributed by atoms with Crippen molar-refractivity contribution in [2.75, 3.05) is 5.43 Å². The first kappa shape index (κ1) is 35.6. The topological polar surface area (TPSA) is 158 Å². The molecule has 0 saturated heterocycles. The molecule has 0 heterocycles. The second-order valence-electron chi connectivity index (χ2n) is 12.8. The van der Waals surface area contributed by atoms with E-state index in [1.807, 2.05) is 5.43 Å². The van der Waals surface area contributed by atoms with Crippen molar-refractivity contribution in [3.63, 3.8) is 0 Å². The normalized spacial score (nSPS) is 21.6. The minimum atomic E-state index is -5.46. The van der Waals surface area contributed by atoms with Crippen LogP contribution in [0.4, 0.5) is 10.1 Å². The molecular weight excluding hydrogens is 570 g/mol. The third-order valence-corrected chi connectivity index (χ3v) is 10.1. The predicted molar refractivity (Wildman–Crippen MR) is 164 cm³/mol. The number of rotatable bonds is 8. The SMILES string of the molecule is C1CCC([NH2+]C2CCCCC2)CC1.C1CCC([NH2+]C2CCCCC2)CC1.O=C(O)/C(=N\Nc1ccc(F)cc1)P(=O)([O-])[O-]. The van der Waals surface area contributed by atoms with E-state index >= 15 is 0 Å². The monoisotopic (exact) mass is 624 g/mol. The van der Waals surface area contributed by atoms with Gasteiger partial charge in [-0.1, -0.05) is 25.7 Å². The van der Waals surface area contributed by atoms with E-state index in [0.29, 0.717) is 0 Å². The summed E-state index contributed by atoms with van der Waals surface area (Å²) in [4.78, 5) is 31.4. The molecule has 4 aliphatic rings. The first-order valence-corrected chi connectivity index (χ1v) is 18.3. The smallest absolute Gasteiger partial charge is 0.357 e. The molecule has 4 aliphatic carbocycles. The van der Waals surface area contributed by atoms with Gasteiger partial charge in [-0.05, 0) is 135 Å². The number of quaternary nitrogens is 2. The highest BCUT2D eigenvalue weighted by molar-refractivity contribution is 7.71. The van der Waals surface area contributed by atoms with E-state index in [4.69, 9.17) is 5.11 Å². The number of aliphatic carboxylic acids is 1. The van der Waals surface area contributed by atoms with Gasteiger partial charge in [0.05, 0.1) is 29.9 Å². The molecule has 0 atom stereocenters. The van der Waals surface area contributed by atoms with Crippen molar-refractivity contribution >= 4 is 24.7 Å². The van der Waals surface area contributed by atoms with Crippen molar-refractivity contribution in [3.8, 4) is 0 Å². The zero-order chi connectivity index (χ0) is 30.9. The summed E-state index contributed by atoms with van der Waals surface area (Å²) in [6.45, 7) is 0. The van der Waals surface area contributed by atoms with Gasteiger partial charge in [0.1, 0.15) is 5.82 Å². The van der Waals surface area contributed by atoms with Crippen molar-refractivity contribution < 1.29 is 39.3 Å². The molecule has 5 rings (SSSR count). The number of halogens is 1. The minimum Gasteiger partial charge on any atom is -0.806 e. The summed E-state index contributed by atoms with van der Waals surface area (Å²) in [5.74, 6) is -2.50. The van der Waals surface area contributed by atoms with Crippen molar-refractivity contribution in [3.05, 3.63) is 30.1 Å². The van der Waals surface area contributed by atoms with E-state index < -0.39 is 24.8 Å². The van der Waals surface area contributed by atoms with E-state index in [-0.39, 0.29) is 5.69 Å². The van der Waals surface area contributed by atoms with Crippen molar-refractivity contribution in [1.29, 1.82) is 0 Å². The summed E-state index contributed by atoms with van der Waals surface area (Å²) in [7, 11) is -5.46. The molecule has 4 saturated carbocycles. The van der Waals surface area contributed by atoms with E-state index in [0.717, 1.165) is 36.3 Å². The second kappa shape index (κ2) is 19.5. The molecule has 1 aromatic rings. The average Bonchev–Trinajstić information content (AvgIpc) is 3.00. The largest absolute Gasteiger partial charge is 0.806 e. The molecule has 6 N–H and O–H groups in total. The van der Waals surface area contributed by atoms with E-state index in [9.17, 15) is 23.5 Å². The van der Waals surface area contributed by atoms with Gasteiger partial charge in [-0.15, -0.1) is 0 Å². The van der Waals surface area contributed by atoms with Gasteiger partial charge in [-0.2, -0.15) is 5.10 Å². The Hall–Kier alpha value is -1.84. The molecule has 1 aromatic carbocycles. The third kappa shape index (κ3) is 14.7. The maximum absolute atomic E-state index is 12.5. The Balaban J connectivity index is 0.000000179. The number of anilines is 1. The average molecular weight is 625 g/mol. The van der Waals surface area contributed by atoms with Crippen LogP contribution >= 0.6 is 7.60 Å². The molecule has 0 spiro atoms. The van der Waals surface area contributed by atoms with Gasteiger partial charge in [0.15, 0.2) is 5.45 Å². The fourth-order valence-corrected chi connectivity index (χ4v) is 7.35. The highest BCUT2D eigenvalue weighted by Gasteiger charge is 2.24. The Kier molecular flexibility index (Phi) is 16.2. The number of hydrogen-bond acceptors (Lipinski definition) is 6. The quantitative estimate of drug-likeness (QED) is 0.195. The summed E-state index contributed by atoms with van der Waals surface area (Å²) < 4.78 is 23.0. The van der Waals surface area contributed by atoms with Crippen LogP contribution in [-0.4, -0.2) is 40.7 Å². The lowest BCUT2D eigenvalue weighted by Crippen LogP contribution is -2.95. The second-order valence-corrected chi connectivity index (χ2v) is 14.3. The van der Waals surface area contributed by atoms with Gasteiger partial charge in [0.25, 0.3) is 0 Å². The maximum Gasteiger partial charge on any atom is 0.357 e. The summed E-state index contributed by atoms with van der Waals surface area (Å²) in [6.07, 6.45) is 29.9. The van der Waals surface area contributed by atoms with Crippen LogP contribution in [0.25, 0.3) is 0 Å². The molecule has 11 heteroatoms. The molecular formula is C32H54FN4O5P. The van der Waals surface area contributed by atoms with Crippen LogP contribution in [0.2, 0.25) is 0 Å². The lowest BCUT2D eigenvalue weighted by Gasteiger charge is -2.27. The summed E-state index contributed by atoms with van der Waals surface area (Å²) in [6, 6.07) is 8.47. The highest BCUT2D eigenvalue weighted by atomic mass is 31.2. The number of carbonyl (C=O) groups is 1. The van der Waals surface area contributed by atoms with Crippen LogP contribution in [0.1, 0.15) is 128 Å². The van der Waals surface area contributed by atoms with Crippen molar-refractivity contribution in [1.82, 2.24) is 0 Å². The number of nitrogens with two attached hydrogens (primary N) is 2. The molecule has 0 unspecified atom stereocenters. The maximum atomic E-state index is 12.5. The molecule has 0 radical (unpaired) electrons. The summed E-state index contributed by atoms with van der Waals surface area (Å²) in [5, 5.41) is 16.8. The molecule has 43 heavy (non-hydrogen) atoms. The summed E-state index contributed by atoms with van der Waals surface area (Å²) in [5.41, 5.74) is 0.626. The van der Waals surface area contributed by atoms with Gasteiger partial charge < -0.3 is 30.1 Å². The van der Waals surface area contributed by atoms with E-state index in [2.05, 4.69) is 15.7 Å². The Bertz CT molecular complexity index is 932. The van der Waals surface area contributed by atoms with Gasteiger partial charge >= 0.3 is 5.97 Å².